The number of hydrogen-bond acceptors (Lipinski definition) is 3. The maximum absolute atomic E-state index is 9.31. The summed E-state index contributed by atoms with van der Waals surface area (Å²) in [5.74, 6) is 0.239. The minimum absolute atomic E-state index is 0. The SMILES string of the molecule is Oc1cccc2cccnc12.[Cu].c1ccc2ncccc2c1. The minimum atomic E-state index is 0. The van der Waals surface area contributed by atoms with Crippen molar-refractivity contribution >= 4 is 21.8 Å². The zero-order chi connectivity index (χ0) is 14.5. The van der Waals surface area contributed by atoms with Gasteiger partial charge in [-0.25, -0.2) is 0 Å². The predicted molar refractivity (Wildman–Crippen MR) is 85.2 cm³/mol. The molecule has 22 heavy (non-hydrogen) atoms. The molecule has 0 spiro atoms. The molecule has 3 nitrogen and oxygen atoms in total. The number of rotatable bonds is 0. The Bertz CT molecular complexity index is 810. The van der Waals surface area contributed by atoms with Crippen LogP contribution in [0.25, 0.3) is 21.8 Å². The predicted octanol–water partition coefficient (Wildman–Crippen LogP) is 4.17. The molecule has 4 heteroatoms. The van der Waals surface area contributed by atoms with Crippen LogP contribution >= 0.6 is 0 Å². The van der Waals surface area contributed by atoms with Crippen LogP contribution in [0.4, 0.5) is 0 Å². The summed E-state index contributed by atoms with van der Waals surface area (Å²) in [5, 5.41) is 11.5. The van der Waals surface area contributed by atoms with E-state index < -0.39 is 0 Å². The number of nitrogens with zero attached hydrogens (tertiary/aromatic N) is 2. The van der Waals surface area contributed by atoms with Gasteiger partial charge in [0.2, 0.25) is 0 Å². The van der Waals surface area contributed by atoms with Gasteiger partial charge in [0, 0.05) is 40.2 Å². The molecule has 0 aliphatic rings. The van der Waals surface area contributed by atoms with Crippen LogP contribution < -0.4 is 0 Å². The molecule has 2 heterocycles. The van der Waals surface area contributed by atoms with E-state index in [0.717, 1.165) is 10.9 Å². The van der Waals surface area contributed by atoms with E-state index >= 15 is 0 Å². The Morgan fingerprint density at radius 1 is 0.636 bits per heavy atom. The van der Waals surface area contributed by atoms with Gasteiger partial charge in [-0.15, -0.1) is 0 Å². The normalized spacial score (nSPS) is 9.64. The van der Waals surface area contributed by atoms with E-state index in [1.165, 1.54) is 5.39 Å². The topological polar surface area (TPSA) is 46.0 Å². The number of phenols is 1. The molecule has 2 aromatic heterocycles. The largest absolute Gasteiger partial charge is 0.506 e. The van der Waals surface area contributed by atoms with Crippen molar-refractivity contribution in [2.75, 3.05) is 0 Å². The fourth-order valence-corrected chi connectivity index (χ4v) is 2.10. The second-order valence-electron chi connectivity index (χ2n) is 4.55. The molecule has 0 aliphatic carbocycles. The molecule has 0 aliphatic heterocycles. The fourth-order valence-electron chi connectivity index (χ4n) is 2.10. The van der Waals surface area contributed by atoms with E-state index in [9.17, 15) is 5.11 Å². The Morgan fingerprint density at radius 2 is 1.27 bits per heavy atom. The van der Waals surface area contributed by atoms with Crippen LogP contribution in [0.15, 0.2) is 79.1 Å². The number of phenolic OH excluding ortho intramolecular Hbond substituents is 1. The van der Waals surface area contributed by atoms with Gasteiger partial charge >= 0.3 is 0 Å². The smallest absolute Gasteiger partial charge is 0.141 e. The summed E-state index contributed by atoms with van der Waals surface area (Å²) in [6, 6.07) is 21.2. The number of aromatic nitrogens is 2. The zero-order valence-corrected chi connectivity index (χ0v) is 12.6. The van der Waals surface area contributed by atoms with Crippen LogP contribution in [0.2, 0.25) is 0 Å². The van der Waals surface area contributed by atoms with E-state index in [1.807, 2.05) is 48.7 Å². The van der Waals surface area contributed by atoms with Crippen molar-refractivity contribution < 1.29 is 22.2 Å². The van der Waals surface area contributed by atoms with Crippen molar-refractivity contribution in [2.24, 2.45) is 0 Å². The van der Waals surface area contributed by atoms with Crippen LogP contribution in [0, 0.1) is 0 Å². The van der Waals surface area contributed by atoms with Gasteiger partial charge in [-0.3, -0.25) is 9.97 Å². The molecule has 4 rings (SSSR count). The van der Waals surface area contributed by atoms with Gasteiger partial charge in [0.1, 0.15) is 11.3 Å². The average molecular weight is 338 g/mol. The molecule has 2 aromatic carbocycles. The zero-order valence-electron chi connectivity index (χ0n) is 11.6. The first-order valence-corrected chi connectivity index (χ1v) is 6.67. The summed E-state index contributed by atoms with van der Waals surface area (Å²) >= 11 is 0. The Morgan fingerprint density at radius 3 is 2.05 bits per heavy atom. The molecular weight excluding hydrogens is 324 g/mol. The molecule has 4 aromatic rings. The first-order valence-electron chi connectivity index (χ1n) is 6.67. The van der Waals surface area contributed by atoms with Crippen molar-refractivity contribution in [3.05, 3.63) is 79.1 Å². The Labute approximate surface area is 139 Å². The van der Waals surface area contributed by atoms with Crippen LogP contribution in [0.3, 0.4) is 0 Å². The summed E-state index contributed by atoms with van der Waals surface area (Å²) in [5.41, 5.74) is 1.72. The molecule has 0 amide bonds. The monoisotopic (exact) mass is 337 g/mol. The van der Waals surface area contributed by atoms with Gasteiger partial charge in [-0.1, -0.05) is 42.5 Å². The molecule has 0 atom stereocenters. The van der Waals surface area contributed by atoms with Crippen LogP contribution in [0.1, 0.15) is 0 Å². The quantitative estimate of drug-likeness (QED) is 0.490. The average Bonchev–Trinajstić information content (AvgIpc) is 2.56. The third-order valence-corrected chi connectivity index (χ3v) is 3.12. The maximum Gasteiger partial charge on any atom is 0.141 e. The van der Waals surface area contributed by atoms with E-state index in [1.54, 1.807) is 18.3 Å². The van der Waals surface area contributed by atoms with Crippen LogP contribution in [-0.2, 0) is 17.1 Å². The molecule has 0 saturated heterocycles. The van der Waals surface area contributed by atoms with E-state index in [-0.39, 0.29) is 22.8 Å². The second kappa shape index (κ2) is 7.55. The van der Waals surface area contributed by atoms with Gasteiger partial charge in [0.15, 0.2) is 0 Å². The van der Waals surface area contributed by atoms with Crippen molar-refractivity contribution in [3.63, 3.8) is 0 Å². The number of benzene rings is 2. The molecule has 113 valence electrons. The van der Waals surface area contributed by atoms with Gasteiger partial charge in [0.25, 0.3) is 0 Å². The van der Waals surface area contributed by atoms with Crippen LogP contribution in [-0.4, -0.2) is 15.1 Å². The maximum atomic E-state index is 9.31. The summed E-state index contributed by atoms with van der Waals surface area (Å²) in [6.07, 6.45) is 3.48. The van der Waals surface area contributed by atoms with E-state index in [4.69, 9.17) is 0 Å². The standard InChI is InChI=1S/C9H7NO.C9H7N.Cu/c11-8-5-1-3-7-4-2-6-10-9(7)8;1-2-6-9-8(4-1)5-3-7-10-9;/h1-6,11H;1-7H;. The first kappa shape index (κ1) is 16.0. The summed E-state index contributed by atoms with van der Waals surface area (Å²) < 4.78 is 0. The first-order chi connectivity index (χ1) is 10.3. The van der Waals surface area contributed by atoms with Crippen LogP contribution in [0.5, 0.6) is 5.75 Å². The van der Waals surface area contributed by atoms with E-state index in [0.29, 0.717) is 5.52 Å². The van der Waals surface area contributed by atoms with Gasteiger partial charge in [-0.05, 0) is 24.3 Å². The number of hydrogen-bond donors (Lipinski definition) is 1. The number of para-hydroxylation sites is 2. The van der Waals surface area contributed by atoms with E-state index in [2.05, 4.69) is 22.1 Å². The molecule has 0 unspecified atom stereocenters. The third-order valence-electron chi connectivity index (χ3n) is 3.12. The van der Waals surface area contributed by atoms with Gasteiger partial charge in [0.05, 0.1) is 5.52 Å². The Hall–Kier alpha value is -2.42. The van der Waals surface area contributed by atoms with Crippen molar-refractivity contribution in [2.45, 2.75) is 0 Å². The van der Waals surface area contributed by atoms with Crippen molar-refractivity contribution in [1.82, 2.24) is 9.97 Å². The van der Waals surface area contributed by atoms with Crippen molar-refractivity contribution in [3.8, 4) is 5.75 Å². The van der Waals surface area contributed by atoms with Crippen molar-refractivity contribution in [1.29, 1.82) is 0 Å². The summed E-state index contributed by atoms with van der Waals surface area (Å²) in [7, 11) is 0. The molecule has 0 saturated carbocycles. The Kier molecular flexibility index (Phi) is 5.48. The second-order valence-corrected chi connectivity index (χ2v) is 4.55. The summed E-state index contributed by atoms with van der Waals surface area (Å²) in [4.78, 5) is 8.21. The third kappa shape index (κ3) is 3.61. The number of aromatic hydroxyl groups is 1. The molecule has 1 N–H and O–H groups in total. The summed E-state index contributed by atoms with van der Waals surface area (Å²) in [6.45, 7) is 0. The van der Waals surface area contributed by atoms with Gasteiger partial charge < -0.3 is 5.11 Å². The molecule has 1 radical (unpaired) electrons. The number of fused-ring (bicyclic) bond motifs is 2. The van der Waals surface area contributed by atoms with Gasteiger partial charge in [-0.2, -0.15) is 0 Å². The molecule has 0 bridgehead atoms. The Balaban J connectivity index is 0.000000154. The molecular formula is C18H14CuN2O. The fraction of sp³-hybridized carbons (Fsp3) is 0. The number of pyridine rings is 2. The minimum Gasteiger partial charge on any atom is -0.506 e. The molecule has 0 fully saturated rings.